The van der Waals surface area contributed by atoms with E-state index in [1.807, 2.05) is 73.8 Å². The molecule has 2 N–H and O–H groups in total. The number of carbonyl (C=O) groups excluding carboxylic acids is 1. The Bertz CT molecular complexity index is 1540. The van der Waals surface area contributed by atoms with Crippen LogP contribution in [0.4, 0.5) is 5.82 Å². The lowest BCUT2D eigenvalue weighted by molar-refractivity contribution is -0.115. The van der Waals surface area contributed by atoms with Crippen LogP contribution in [0.25, 0.3) is 22.6 Å². The summed E-state index contributed by atoms with van der Waals surface area (Å²) in [6, 6.07) is 15.2. The molecule has 32 heavy (non-hydrogen) atoms. The van der Waals surface area contributed by atoms with E-state index < -0.39 is 0 Å². The fraction of sp³-hybridized carbons (Fsp3) is 0.167. The van der Waals surface area contributed by atoms with Gasteiger partial charge in [0.15, 0.2) is 5.65 Å². The minimum absolute atomic E-state index is 0.119. The number of aromatic amines is 1. The summed E-state index contributed by atoms with van der Waals surface area (Å²) in [5, 5.41) is 5.79. The molecule has 1 aromatic carbocycles. The van der Waals surface area contributed by atoms with Crippen LogP contribution in [0.15, 0.2) is 59.5 Å². The number of nitrogens with zero attached hydrogens (tertiary/aromatic N) is 4. The van der Waals surface area contributed by atoms with Gasteiger partial charge in [0.1, 0.15) is 17.2 Å². The normalized spacial score (nSPS) is 11.3. The molecule has 8 heteroatoms. The standard InChI is InChI=1S/C24H22N6O2/c1-14-8-7-11-29-23(14)27-22(17-9-5-4-6-10-17)24(29)26-20(31)12-18-15(2)25-19-13-21(32)28-30(19)16(18)3/h4-11,13H,12H2,1-3H3,(H,26,31)(H,28,32). The monoisotopic (exact) mass is 426 g/mol. The van der Waals surface area contributed by atoms with Gasteiger partial charge in [-0.2, -0.15) is 0 Å². The van der Waals surface area contributed by atoms with Gasteiger partial charge in [-0.1, -0.05) is 36.4 Å². The van der Waals surface area contributed by atoms with Gasteiger partial charge >= 0.3 is 0 Å². The average molecular weight is 426 g/mol. The molecule has 0 aliphatic rings. The Labute approximate surface area is 183 Å². The molecule has 0 bridgehead atoms. The van der Waals surface area contributed by atoms with Crippen molar-refractivity contribution >= 4 is 23.0 Å². The molecule has 0 atom stereocenters. The number of aryl methyl sites for hydroxylation is 3. The van der Waals surface area contributed by atoms with Gasteiger partial charge in [-0.3, -0.25) is 19.1 Å². The number of hydrogen-bond acceptors (Lipinski definition) is 4. The molecule has 4 aromatic heterocycles. The van der Waals surface area contributed by atoms with E-state index in [0.717, 1.165) is 28.0 Å². The van der Waals surface area contributed by atoms with Crippen molar-refractivity contribution in [2.75, 3.05) is 5.32 Å². The average Bonchev–Trinajstić information content (AvgIpc) is 3.33. The van der Waals surface area contributed by atoms with Gasteiger partial charge in [0.05, 0.1) is 6.42 Å². The van der Waals surface area contributed by atoms with Gasteiger partial charge in [0.25, 0.3) is 5.56 Å². The van der Waals surface area contributed by atoms with Gasteiger partial charge in [-0.05, 0) is 32.4 Å². The summed E-state index contributed by atoms with van der Waals surface area (Å²) < 4.78 is 3.52. The highest BCUT2D eigenvalue weighted by Gasteiger charge is 2.19. The topological polar surface area (TPSA) is 96.6 Å². The van der Waals surface area contributed by atoms with Crippen LogP contribution in [0, 0.1) is 20.8 Å². The summed E-state index contributed by atoms with van der Waals surface area (Å²) >= 11 is 0. The van der Waals surface area contributed by atoms with Crippen LogP contribution >= 0.6 is 0 Å². The van der Waals surface area contributed by atoms with Gasteiger partial charge in [-0.15, -0.1) is 0 Å². The first-order chi connectivity index (χ1) is 15.4. The first-order valence-corrected chi connectivity index (χ1v) is 10.3. The third-order valence-corrected chi connectivity index (χ3v) is 5.69. The van der Waals surface area contributed by atoms with Gasteiger partial charge in [-0.25, -0.2) is 14.5 Å². The highest BCUT2D eigenvalue weighted by atomic mass is 16.1. The van der Waals surface area contributed by atoms with Gasteiger partial charge in [0.2, 0.25) is 5.91 Å². The Morgan fingerprint density at radius 3 is 2.62 bits per heavy atom. The van der Waals surface area contributed by atoms with E-state index in [1.165, 1.54) is 6.07 Å². The Hall–Kier alpha value is -4.20. The fourth-order valence-electron chi connectivity index (χ4n) is 4.07. The molecule has 0 aliphatic carbocycles. The van der Waals surface area contributed by atoms with Crippen molar-refractivity contribution in [3.63, 3.8) is 0 Å². The van der Waals surface area contributed by atoms with Crippen LogP contribution in [0.2, 0.25) is 0 Å². The van der Waals surface area contributed by atoms with Crippen LogP contribution < -0.4 is 10.9 Å². The SMILES string of the molecule is Cc1nc2cc(=O)[nH]n2c(C)c1CC(=O)Nc1c(-c2ccccc2)nc2c(C)cccn12. The number of carbonyl (C=O) groups is 1. The zero-order valence-electron chi connectivity index (χ0n) is 18.0. The fourth-order valence-corrected chi connectivity index (χ4v) is 4.07. The summed E-state index contributed by atoms with van der Waals surface area (Å²) in [5.74, 6) is 0.436. The predicted molar refractivity (Wildman–Crippen MR) is 123 cm³/mol. The van der Waals surface area contributed by atoms with Crippen molar-refractivity contribution in [1.29, 1.82) is 0 Å². The third-order valence-electron chi connectivity index (χ3n) is 5.69. The van der Waals surface area contributed by atoms with Gasteiger partial charge in [0, 0.05) is 34.8 Å². The molecule has 0 spiro atoms. The maximum atomic E-state index is 13.2. The molecule has 0 fully saturated rings. The van der Waals surface area contributed by atoms with Crippen LogP contribution in [0.3, 0.4) is 0 Å². The maximum Gasteiger partial charge on any atom is 0.266 e. The summed E-state index contributed by atoms with van der Waals surface area (Å²) in [6.45, 7) is 5.71. The second kappa shape index (κ2) is 7.49. The van der Waals surface area contributed by atoms with E-state index in [9.17, 15) is 9.59 Å². The summed E-state index contributed by atoms with van der Waals surface area (Å²) in [5.41, 5.74) is 6.03. The Morgan fingerprint density at radius 2 is 1.84 bits per heavy atom. The van der Waals surface area contributed by atoms with E-state index in [1.54, 1.807) is 4.52 Å². The minimum atomic E-state index is -0.227. The molecule has 0 unspecified atom stereocenters. The van der Waals surface area contributed by atoms with Gasteiger partial charge < -0.3 is 5.32 Å². The van der Waals surface area contributed by atoms with E-state index in [0.29, 0.717) is 22.9 Å². The molecule has 0 saturated heterocycles. The Kier molecular flexibility index (Phi) is 4.62. The Balaban J connectivity index is 1.55. The number of nitrogens with one attached hydrogen (secondary N) is 2. The number of fused-ring (bicyclic) bond motifs is 2. The van der Waals surface area contributed by atoms with Crippen LogP contribution in [-0.2, 0) is 11.2 Å². The number of pyridine rings is 1. The number of H-pyrrole nitrogens is 1. The lowest BCUT2D eigenvalue weighted by Gasteiger charge is -2.12. The molecule has 160 valence electrons. The third kappa shape index (κ3) is 3.26. The lowest BCUT2D eigenvalue weighted by atomic mass is 10.1. The molecule has 0 aliphatic heterocycles. The quantitative estimate of drug-likeness (QED) is 0.460. The zero-order chi connectivity index (χ0) is 22.4. The van der Waals surface area contributed by atoms with Crippen molar-refractivity contribution in [3.8, 4) is 11.3 Å². The molecular formula is C24H22N6O2. The number of benzene rings is 1. The second-order valence-electron chi connectivity index (χ2n) is 7.86. The molecule has 5 rings (SSSR count). The molecular weight excluding hydrogens is 404 g/mol. The van der Waals surface area contributed by atoms with Crippen molar-refractivity contribution in [1.82, 2.24) is 24.0 Å². The maximum absolute atomic E-state index is 13.2. The van der Waals surface area contributed by atoms with E-state index >= 15 is 0 Å². The van der Waals surface area contributed by atoms with Crippen LogP contribution in [0.5, 0.6) is 0 Å². The van der Waals surface area contributed by atoms with Crippen molar-refractivity contribution in [3.05, 3.63) is 87.6 Å². The summed E-state index contributed by atoms with van der Waals surface area (Å²) in [7, 11) is 0. The van der Waals surface area contributed by atoms with E-state index in [4.69, 9.17) is 4.98 Å². The summed E-state index contributed by atoms with van der Waals surface area (Å²) in [6.07, 6.45) is 2.01. The summed E-state index contributed by atoms with van der Waals surface area (Å²) in [4.78, 5) is 34.2. The molecule has 1 amide bonds. The van der Waals surface area contributed by atoms with Crippen LogP contribution in [0.1, 0.15) is 22.5 Å². The highest BCUT2D eigenvalue weighted by Crippen LogP contribution is 2.30. The minimum Gasteiger partial charge on any atom is -0.310 e. The molecule has 8 nitrogen and oxygen atoms in total. The smallest absolute Gasteiger partial charge is 0.266 e. The van der Waals surface area contributed by atoms with Crippen LogP contribution in [-0.4, -0.2) is 29.9 Å². The van der Waals surface area contributed by atoms with E-state index in [-0.39, 0.29) is 17.9 Å². The number of aromatic nitrogens is 5. The Morgan fingerprint density at radius 1 is 1.06 bits per heavy atom. The van der Waals surface area contributed by atoms with Crippen molar-refractivity contribution < 1.29 is 4.79 Å². The first kappa shape index (κ1) is 19.7. The van der Waals surface area contributed by atoms with E-state index in [2.05, 4.69) is 15.4 Å². The molecule has 4 heterocycles. The number of hydrogen-bond donors (Lipinski definition) is 2. The van der Waals surface area contributed by atoms with Crippen molar-refractivity contribution in [2.24, 2.45) is 0 Å². The lowest BCUT2D eigenvalue weighted by Crippen LogP contribution is -2.19. The molecule has 0 radical (unpaired) electrons. The second-order valence-corrected chi connectivity index (χ2v) is 7.86. The predicted octanol–water partition coefficient (Wildman–Crippen LogP) is 3.44. The molecule has 5 aromatic rings. The number of anilines is 1. The number of imidazole rings is 1. The van der Waals surface area contributed by atoms with Crippen molar-refractivity contribution in [2.45, 2.75) is 27.2 Å². The zero-order valence-corrected chi connectivity index (χ0v) is 18.0. The number of rotatable bonds is 4. The largest absolute Gasteiger partial charge is 0.310 e. The highest BCUT2D eigenvalue weighted by molar-refractivity contribution is 5.96. The molecule has 0 saturated carbocycles. The first-order valence-electron chi connectivity index (χ1n) is 10.3. The number of amides is 1.